The quantitative estimate of drug-likeness (QED) is 0.489. The molecule has 1 rings (SSSR count). The molecule has 0 aliphatic carbocycles. The fourth-order valence-corrected chi connectivity index (χ4v) is 0.957. The van der Waals surface area contributed by atoms with Crippen LogP contribution in [0.2, 0.25) is 0 Å². The average molecular weight is 192 g/mol. The van der Waals surface area contributed by atoms with Crippen LogP contribution in [-0.4, -0.2) is 11.0 Å². The molecule has 0 bridgehead atoms. The molecule has 4 nitrogen and oxygen atoms in total. The standard InChI is InChI=1S/C10H12N2O2/c1-2-9(13)12-8-5-3-7(4-6-8)10(11)14/h2-6,10,14H,1,11H2,(H,12,13). The van der Waals surface area contributed by atoms with Crippen molar-refractivity contribution in [2.45, 2.75) is 6.23 Å². The van der Waals surface area contributed by atoms with Gasteiger partial charge in [-0.05, 0) is 23.8 Å². The summed E-state index contributed by atoms with van der Waals surface area (Å²) < 4.78 is 0. The lowest BCUT2D eigenvalue weighted by atomic mass is 10.2. The van der Waals surface area contributed by atoms with Gasteiger partial charge in [0.2, 0.25) is 5.91 Å². The summed E-state index contributed by atoms with van der Waals surface area (Å²) in [4.78, 5) is 10.9. The Hall–Kier alpha value is -1.65. The molecule has 1 amide bonds. The normalized spacial score (nSPS) is 11.9. The minimum absolute atomic E-state index is 0.272. The largest absolute Gasteiger partial charge is 0.375 e. The third kappa shape index (κ3) is 2.69. The third-order valence-electron chi connectivity index (χ3n) is 1.71. The highest BCUT2D eigenvalue weighted by molar-refractivity contribution is 5.98. The number of anilines is 1. The maximum Gasteiger partial charge on any atom is 0.247 e. The average Bonchev–Trinajstić information content (AvgIpc) is 2.18. The van der Waals surface area contributed by atoms with Gasteiger partial charge in [-0.25, -0.2) is 0 Å². The van der Waals surface area contributed by atoms with Crippen molar-refractivity contribution in [1.29, 1.82) is 0 Å². The summed E-state index contributed by atoms with van der Waals surface area (Å²) in [5.74, 6) is -0.272. The summed E-state index contributed by atoms with van der Waals surface area (Å²) in [7, 11) is 0. The van der Waals surface area contributed by atoms with Crippen molar-refractivity contribution in [3.63, 3.8) is 0 Å². The first-order valence-corrected chi connectivity index (χ1v) is 4.10. The van der Waals surface area contributed by atoms with Gasteiger partial charge in [0.25, 0.3) is 0 Å². The van der Waals surface area contributed by atoms with Crippen molar-refractivity contribution >= 4 is 11.6 Å². The van der Waals surface area contributed by atoms with Crippen LogP contribution in [0, 0.1) is 0 Å². The predicted molar refractivity (Wildman–Crippen MR) is 54.4 cm³/mol. The van der Waals surface area contributed by atoms with Crippen LogP contribution >= 0.6 is 0 Å². The monoisotopic (exact) mass is 192 g/mol. The Labute approximate surface area is 82.0 Å². The van der Waals surface area contributed by atoms with Crippen LogP contribution < -0.4 is 11.1 Å². The number of nitrogens with two attached hydrogens (primary N) is 1. The minimum atomic E-state index is -0.987. The Morgan fingerprint density at radius 1 is 1.50 bits per heavy atom. The molecule has 14 heavy (non-hydrogen) atoms. The van der Waals surface area contributed by atoms with Gasteiger partial charge in [0.15, 0.2) is 0 Å². The second-order valence-electron chi connectivity index (χ2n) is 2.76. The van der Waals surface area contributed by atoms with E-state index in [2.05, 4.69) is 11.9 Å². The van der Waals surface area contributed by atoms with E-state index in [0.29, 0.717) is 11.3 Å². The summed E-state index contributed by atoms with van der Waals surface area (Å²) in [6.07, 6.45) is 0.199. The van der Waals surface area contributed by atoms with Gasteiger partial charge in [0.1, 0.15) is 6.23 Å². The van der Waals surface area contributed by atoms with E-state index in [0.717, 1.165) is 0 Å². The number of rotatable bonds is 3. The van der Waals surface area contributed by atoms with Crippen LogP contribution in [0.25, 0.3) is 0 Å². The third-order valence-corrected chi connectivity index (χ3v) is 1.71. The Balaban J connectivity index is 2.73. The molecule has 0 spiro atoms. The van der Waals surface area contributed by atoms with Crippen molar-refractivity contribution in [2.24, 2.45) is 5.73 Å². The van der Waals surface area contributed by atoms with Crippen LogP contribution in [0.3, 0.4) is 0 Å². The molecular weight excluding hydrogens is 180 g/mol. The van der Waals surface area contributed by atoms with E-state index < -0.39 is 6.23 Å². The second kappa shape index (κ2) is 4.55. The summed E-state index contributed by atoms with van der Waals surface area (Å²) in [5.41, 5.74) is 6.48. The predicted octanol–water partition coefficient (Wildman–Crippen LogP) is 0.761. The van der Waals surface area contributed by atoms with Crippen LogP contribution in [0.15, 0.2) is 36.9 Å². The van der Waals surface area contributed by atoms with E-state index >= 15 is 0 Å². The van der Waals surface area contributed by atoms with Crippen LogP contribution in [0.5, 0.6) is 0 Å². The molecular formula is C10H12N2O2. The van der Waals surface area contributed by atoms with E-state index in [1.165, 1.54) is 6.08 Å². The summed E-state index contributed by atoms with van der Waals surface area (Å²) >= 11 is 0. The number of aliphatic hydroxyl groups is 1. The Kier molecular flexibility index (Phi) is 3.39. The zero-order valence-electron chi connectivity index (χ0n) is 7.60. The first-order valence-electron chi connectivity index (χ1n) is 4.10. The number of amides is 1. The molecule has 1 aromatic rings. The highest BCUT2D eigenvalue weighted by Crippen LogP contribution is 2.12. The molecule has 1 atom stereocenters. The van der Waals surface area contributed by atoms with Crippen molar-refractivity contribution in [3.8, 4) is 0 Å². The molecule has 0 aliphatic heterocycles. The fraction of sp³-hybridized carbons (Fsp3) is 0.100. The first-order chi connectivity index (χ1) is 6.63. The lowest BCUT2D eigenvalue weighted by Crippen LogP contribution is -2.10. The lowest BCUT2D eigenvalue weighted by Gasteiger charge is -2.06. The van der Waals surface area contributed by atoms with Crippen molar-refractivity contribution in [1.82, 2.24) is 0 Å². The van der Waals surface area contributed by atoms with Gasteiger partial charge < -0.3 is 16.2 Å². The number of carbonyl (C=O) groups is 1. The summed E-state index contributed by atoms with van der Waals surface area (Å²) in [5, 5.41) is 11.6. The second-order valence-corrected chi connectivity index (χ2v) is 2.76. The van der Waals surface area contributed by atoms with Gasteiger partial charge in [-0.3, -0.25) is 4.79 Å². The number of hydrogen-bond acceptors (Lipinski definition) is 3. The van der Waals surface area contributed by atoms with Gasteiger partial charge in [0.05, 0.1) is 0 Å². The van der Waals surface area contributed by atoms with Gasteiger partial charge in [-0.2, -0.15) is 0 Å². The van der Waals surface area contributed by atoms with Gasteiger partial charge in [0, 0.05) is 5.69 Å². The molecule has 0 radical (unpaired) electrons. The van der Waals surface area contributed by atoms with Crippen molar-refractivity contribution < 1.29 is 9.90 Å². The van der Waals surface area contributed by atoms with Gasteiger partial charge in [-0.15, -0.1) is 0 Å². The molecule has 0 fully saturated rings. The number of benzene rings is 1. The molecule has 0 aliphatic rings. The van der Waals surface area contributed by atoms with Crippen molar-refractivity contribution in [2.75, 3.05) is 5.32 Å². The molecule has 0 heterocycles. The maximum absolute atomic E-state index is 10.9. The highest BCUT2D eigenvalue weighted by Gasteiger charge is 2.01. The molecule has 0 aromatic heterocycles. The van der Waals surface area contributed by atoms with E-state index in [1.54, 1.807) is 24.3 Å². The van der Waals surface area contributed by atoms with E-state index in [9.17, 15) is 4.79 Å². The maximum atomic E-state index is 10.9. The summed E-state index contributed by atoms with van der Waals surface area (Å²) in [6, 6.07) is 6.60. The van der Waals surface area contributed by atoms with Crippen molar-refractivity contribution in [3.05, 3.63) is 42.5 Å². The van der Waals surface area contributed by atoms with Crippen LogP contribution in [-0.2, 0) is 4.79 Å². The number of hydrogen-bond donors (Lipinski definition) is 3. The van der Waals surface area contributed by atoms with Crippen LogP contribution in [0.1, 0.15) is 11.8 Å². The fourth-order valence-electron chi connectivity index (χ4n) is 0.957. The Morgan fingerprint density at radius 3 is 2.50 bits per heavy atom. The lowest BCUT2D eigenvalue weighted by molar-refractivity contribution is -0.111. The minimum Gasteiger partial charge on any atom is -0.375 e. The first kappa shape index (κ1) is 10.4. The Morgan fingerprint density at radius 2 is 2.07 bits per heavy atom. The SMILES string of the molecule is C=CC(=O)Nc1ccc(C(N)O)cc1. The zero-order valence-corrected chi connectivity index (χ0v) is 7.60. The summed E-state index contributed by atoms with van der Waals surface area (Å²) in [6.45, 7) is 3.33. The molecule has 1 aromatic carbocycles. The molecule has 74 valence electrons. The number of carbonyl (C=O) groups excluding carboxylic acids is 1. The molecule has 0 saturated heterocycles. The van der Waals surface area contributed by atoms with Gasteiger partial charge in [-0.1, -0.05) is 18.7 Å². The number of nitrogens with one attached hydrogen (secondary N) is 1. The molecule has 0 saturated carbocycles. The van der Waals surface area contributed by atoms with Crippen LogP contribution in [0.4, 0.5) is 5.69 Å². The smallest absolute Gasteiger partial charge is 0.247 e. The number of aliphatic hydroxyl groups excluding tert-OH is 1. The van der Waals surface area contributed by atoms with E-state index in [-0.39, 0.29) is 5.91 Å². The molecule has 4 heteroatoms. The molecule has 1 unspecified atom stereocenters. The highest BCUT2D eigenvalue weighted by atomic mass is 16.3. The zero-order chi connectivity index (χ0) is 10.6. The molecule has 4 N–H and O–H groups in total. The van der Waals surface area contributed by atoms with Gasteiger partial charge >= 0.3 is 0 Å². The Bertz CT molecular complexity index is 330. The van der Waals surface area contributed by atoms with E-state index in [4.69, 9.17) is 10.8 Å². The topological polar surface area (TPSA) is 75.4 Å². The van der Waals surface area contributed by atoms with E-state index in [1.807, 2.05) is 0 Å².